The molecule has 1 N–H and O–H groups in total. The zero-order chi connectivity index (χ0) is 15.6. The zero-order valence-electron chi connectivity index (χ0n) is 12.7. The fourth-order valence-corrected chi connectivity index (χ4v) is 3.49. The van der Waals surface area contributed by atoms with Crippen molar-refractivity contribution in [2.75, 3.05) is 25.6 Å². The van der Waals surface area contributed by atoms with Crippen LogP contribution < -0.4 is 10.1 Å². The van der Waals surface area contributed by atoms with Gasteiger partial charge in [-0.2, -0.15) is 0 Å². The molecule has 8 heteroatoms. The summed E-state index contributed by atoms with van der Waals surface area (Å²) < 4.78 is 12.5. The van der Waals surface area contributed by atoms with Crippen LogP contribution in [-0.2, 0) is 4.74 Å². The molecule has 1 fully saturated rings. The maximum absolute atomic E-state index is 5.39. The SMILES string of the molecule is COc1cncc(-c2cnc3sc(NC4CCOCC4)nn23)c1. The van der Waals surface area contributed by atoms with Crippen LogP contribution in [0.2, 0.25) is 0 Å². The molecule has 7 nitrogen and oxygen atoms in total. The summed E-state index contributed by atoms with van der Waals surface area (Å²) in [6.07, 6.45) is 7.30. The third kappa shape index (κ3) is 2.87. The zero-order valence-corrected chi connectivity index (χ0v) is 13.5. The number of hydrogen-bond acceptors (Lipinski definition) is 7. The first-order chi connectivity index (χ1) is 11.3. The molecule has 3 aromatic heterocycles. The Morgan fingerprint density at radius 3 is 3.00 bits per heavy atom. The molecule has 120 valence electrons. The van der Waals surface area contributed by atoms with E-state index in [1.807, 2.05) is 16.8 Å². The number of ether oxygens (including phenoxy) is 2. The Hall–Kier alpha value is -2.19. The van der Waals surface area contributed by atoms with Gasteiger partial charge in [-0.15, -0.1) is 5.10 Å². The van der Waals surface area contributed by atoms with E-state index in [4.69, 9.17) is 9.47 Å². The third-order valence-electron chi connectivity index (χ3n) is 3.88. The maximum Gasteiger partial charge on any atom is 0.214 e. The summed E-state index contributed by atoms with van der Waals surface area (Å²) in [4.78, 5) is 9.51. The maximum atomic E-state index is 5.39. The molecule has 0 unspecified atom stereocenters. The lowest BCUT2D eigenvalue weighted by Gasteiger charge is -2.22. The minimum Gasteiger partial charge on any atom is -0.495 e. The van der Waals surface area contributed by atoms with E-state index in [2.05, 4.69) is 20.4 Å². The second-order valence-corrected chi connectivity index (χ2v) is 6.35. The second-order valence-electron chi connectivity index (χ2n) is 5.39. The van der Waals surface area contributed by atoms with Gasteiger partial charge in [-0.3, -0.25) is 4.98 Å². The van der Waals surface area contributed by atoms with E-state index >= 15 is 0 Å². The van der Waals surface area contributed by atoms with Crippen molar-refractivity contribution in [1.29, 1.82) is 0 Å². The smallest absolute Gasteiger partial charge is 0.214 e. The summed E-state index contributed by atoms with van der Waals surface area (Å²) in [7, 11) is 1.63. The number of hydrogen-bond donors (Lipinski definition) is 1. The summed E-state index contributed by atoms with van der Waals surface area (Å²) in [5.74, 6) is 0.716. The summed E-state index contributed by atoms with van der Waals surface area (Å²) >= 11 is 1.55. The van der Waals surface area contributed by atoms with E-state index in [1.165, 1.54) is 0 Å². The van der Waals surface area contributed by atoms with Crippen molar-refractivity contribution in [2.24, 2.45) is 0 Å². The summed E-state index contributed by atoms with van der Waals surface area (Å²) in [5, 5.41) is 9.02. The van der Waals surface area contributed by atoms with Crippen LogP contribution in [0.5, 0.6) is 5.75 Å². The third-order valence-corrected chi connectivity index (χ3v) is 4.73. The lowest BCUT2D eigenvalue weighted by molar-refractivity contribution is 0.0904. The van der Waals surface area contributed by atoms with Crippen molar-refractivity contribution >= 4 is 21.4 Å². The summed E-state index contributed by atoms with van der Waals surface area (Å²) in [6.45, 7) is 1.61. The van der Waals surface area contributed by atoms with Crippen molar-refractivity contribution in [2.45, 2.75) is 18.9 Å². The van der Waals surface area contributed by atoms with Gasteiger partial charge >= 0.3 is 0 Å². The molecule has 1 aliphatic rings. The van der Waals surface area contributed by atoms with Crippen molar-refractivity contribution in [1.82, 2.24) is 19.6 Å². The average molecular weight is 331 g/mol. The lowest BCUT2D eigenvalue weighted by atomic mass is 10.1. The van der Waals surface area contributed by atoms with Crippen molar-refractivity contribution in [3.05, 3.63) is 24.7 Å². The number of methoxy groups -OCH3 is 1. The molecule has 0 bridgehead atoms. The Bertz CT molecular complexity index is 809. The molecule has 0 spiro atoms. The van der Waals surface area contributed by atoms with E-state index in [-0.39, 0.29) is 0 Å². The van der Waals surface area contributed by atoms with E-state index in [0.29, 0.717) is 11.8 Å². The first-order valence-corrected chi connectivity index (χ1v) is 8.33. The highest BCUT2D eigenvalue weighted by Gasteiger charge is 2.17. The lowest BCUT2D eigenvalue weighted by Crippen LogP contribution is -2.27. The van der Waals surface area contributed by atoms with Crippen LogP contribution in [0.15, 0.2) is 24.7 Å². The predicted octanol–water partition coefficient (Wildman–Crippen LogP) is 2.45. The van der Waals surface area contributed by atoms with Gasteiger partial charge in [0.25, 0.3) is 0 Å². The second kappa shape index (κ2) is 6.13. The first kappa shape index (κ1) is 14.4. The Balaban J connectivity index is 1.63. The van der Waals surface area contributed by atoms with Crippen LogP contribution in [0.25, 0.3) is 16.2 Å². The number of pyridine rings is 1. The fourth-order valence-electron chi connectivity index (χ4n) is 2.63. The van der Waals surface area contributed by atoms with Gasteiger partial charge in [-0.05, 0) is 18.9 Å². The van der Waals surface area contributed by atoms with Gasteiger partial charge in [-0.25, -0.2) is 9.50 Å². The van der Waals surface area contributed by atoms with Gasteiger partial charge < -0.3 is 14.8 Å². The average Bonchev–Trinajstić information content (AvgIpc) is 3.16. The van der Waals surface area contributed by atoms with Gasteiger partial charge in [0, 0.05) is 31.0 Å². The van der Waals surface area contributed by atoms with Crippen LogP contribution in [0, 0.1) is 0 Å². The van der Waals surface area contributed by atoms with Crippen molar-refractivity contribution in [3.8, 4) is 17.0 Å². The highest BCUT2D eigenvalue weighted by atomic mass is 32.1. The Kier molecular flexibility index (Phi) is 3.84. The molecule has 0 radical (unpaired) electrons. The Morgan fingerprint density at radius 1 is 1.30 bits per heavy atom. The number of nitrogens with zero attached hydrogens (tertiary/aromatic N) is 4. The predicted molar refractivity (Wildman–Crippen MR) is 88.1 cm³/mol. The quantitative estimate of drug-likeness (QED) is 0.791. The molecule has 0 aromatic carbocycles. The minimum atomic E-state index is 0.418. The molecule has 0 saturated carbocycles. The van der Waals surface area contributed by atoms with E-state index in [9.17, 15) is 0 Å². The van der Waals surface area contributed by atoms with Crippen LogP contribution in [0.1, 0.15) is 12.8 Å². The highest BCUT2D eigenvalue weighted by molar-refractivity contribution is 7.20. The first-order valence-electron chi connectivity index (χ1n) is 7.52. The monoisotopic (exact) mass is 331 g/mol. The Labute approximate surface area is 137 Å². The van der Waals surface area contributed by atoms with Gasteiger partial charge in [0.05, 0.1) is 25.2 Å². The minimum absolute atomic E-state index is 0.418. The van der Waals surface area contributed by atoms with Crippen LogP contribution >= 0.6 is 11.3 Å². The van der Waals surface area contributed by atoms with Crippen LogP contribution in [0.3, 0.4) is 0 Å². The van der Waals surface area contributed by atoms with E-state index in [0.717, 1.165) is 47.4 Å². The van der Waals surface area contributed by atoms with Gasteiger partial charge in [-0.1, -0.05) is 11.3 Å². The van der Waals surface area contributed by atoms with Crippen LogP contribution in [0.4, 0.5) is 5.13 Å². The summed E-state index contributed by atoms with van der Waals surface area (Å²) in [5.41, 5.74) is 1.84. The number of imidazole rings is 1. The highest BCUT2D eigenvalue weighted by Crippen LogP contribution is 2.28. The molecule has 3 aromatic rings. The molecule has 1 aliphatic heterocycles. The van der Waals surface area contributed by atoms with Crippen molar-refractivity contribution in [3.63, 3.8) is 0 Å². The molecule has 4 rings (SSSR count). The molecule has 4 heterocycles. The molecule has 0 atom stereocenters. The summed E-state index contributed by atoms with van der Waals surface area (Å²) in [6, 6.07) is 2.35. The number of rotatable bonds is 4. The molecular formula is C15H17N5O2S. The fraction of sp³-hybridized carbons (Fsp3) is 0.400. The molecule has 23 heavy (non-hydrogen) atoms. The molecule has 0 aliphatic carbocycles. The number of aromatic nitrogens is 4. The standard InChI is InChI=1S/C15H17N5O2S/c1-21-12-6-10(7-16-8-12)13-9-17-15-20(13)19-14(23-15)18-11-2-4-22-5-3-11/h6-9,11H,2-5H2,1H3,(H,18,19). The van der Waals surface area contributed by atoms with Gasteiger partial charge in [0.15, 0.2) is 0 Å². The van der Waals surface area contributed by atoms with E-state index in [1.54, 1.807) is 30.8 Å². The number of fused-ring (bicyclic) bond motifs is 1. The number of nitrogens with one attached hydrogen (secondary N) is 1. The molecular weight excluding hydrogens is 314 g/mol. The Morgan fingerprint density at radius 2 is 2.17 bits per heavy atom. The molecule has 1 saturated heterocycles. The largest absolute Gasteiger partial charge is 0.495 e. The van der Waals surface area contributed by atoms with E-state index < -0.39 is 0 Å². The van der Waals surface area contributed by atoms with Crippen molar-refractivity contribution < 1.29 is 9.47 Å². The topological polar surface area (TPSA) is 73.6 Å². The van der Waals surface area contributed by atoms with Crippen LogP contribution in [-0.4, -0.2) is 45.9 Å². The molecule has 0 amide bonds. The number of anilines is 1. The van der Waals surface area contributed by atoms with Gasteiger partial charge in [0.1, 0.15) is 5.75 Å². The normalized spacial score (nSPS) is 15.9. The van der Waals surface area contributed by atoms with Gasteiger partial charge in [0.2, 0.25) is 10.1 Å².